The van der Waals surface area contributed by atoms with Gasteiger partial charge in [-0.3, -0.25) is 9.82 Å². The molecule has 0 bridgehead atoms. The first-order chi connectivity index (χ1) is 9.56. The zero-order chi connectivity index (χ0) is 14.2. The quantitative estimate of drug-likeness (QED) is 0.807. The molecule has 0 fully saturated rings. The fourth-order valence-corrected chi connectivity index (χ4v) is 3.32. The maximum atomic E-state index is 12.2. The molecule has 3 rings (SSSR count). The van der Waals surface area contributed by atoms with Crippen molar-refractivity contribution in [2.24, 2.45) is 0 Å². The van der Waals surface area contributed by atoms with Gasteiger partial charge in [-0.25, -0.2) is 8.42 Å². The van der Waals surface area contributed by atoms with Crippen molar-refractivity contribution in [1.82, 2.24) is 10.2 Å². The minimum absolute atomic E-state index is 0.124. The third kappa shape index (κ3) is 2.36. The third-order valence-corrected chi connectivity index (χ3v) is 4.75. The molecule has 0 aliphatic carbocycles. The Morgan fingerprint density at radius 3 is 3.00 bits per heavy atom. The summed E-state index contributed by atoms with van der Waals surface area (Å²) >= 11 is 0. The number of rotatable bonds is 3. The molecule has 0 radical (unpaired) electrons. The lowest BCUT2D eigenvalue weighted by molar-refractivity contribution is 0.601. The third-order valence-electron chi connectivity index (χ3n) is 3.42. The molecule has 1 aliphatic heterocycles. The molecule has 20 heavy (non-hydrogen) atoms. The van der Waals surface area contributed by atoms with E-state index in [9.17, 15) is 8.42 Å². The van der Waals surface area contributed by atoms with E-state index in [2.05, 4.69) is 27.2 Å². The molecular weight excluding hydrogens is 276 g/mol. The number of nitrogens with one attached hydrogen (secondary N) is 3. The molecule has 106 valence electrons. The highest BCUT2D eigenvalue weighted by Gasteiger charge is 2.21. The van der Waals surface area contributed by atoms with Crippen LogP contribution in [0.15, 0.2) is 35.5 Å². The van der Waals surface area contributed by atoms with Crippen LogP contribution in [0.5, 0.6) is 0 Å². The topological polar surface area (TPSA) is 86.9 Å². The van der Waals surface area contributed by atoms with Crippen molar-refractivity contribution in [1.29, 1.82) is 0 Å². The van der Waals surface area contributed by atoms with E-state index in [0.29, 0.717) is 11.7 Å². The second-order valence-electron chi connectivity index (χ2n) is 4.96. The van der Waals surface area contributed by atoms with E-state index >= 15 is 0 Å². The van der Waals surface area contributed by atoms with E-state index in [1.165, 1.54) is 12.4 Å². The Kier molecular flexibility index (Phi) is 3.13. The molecular formula is C13H16N4O2S. The van der Waals surface area contributed by atoms with Crippen LogP contribution in [0.25, 0.3) is 0 Å². The number of para-hydroxylation sites is 1. The second-order valence-corrected chi connectivity index (χ2v) is 6.65. The van der Waals surface area contributed by atoms with Gasteiger partial charge in [0.2, 0.25) is 0 Å². The van der Waals surface area contributed by atoms with Crippen LogP contribution in [0.4, 0.5) is 11.4 Å². The Labute approximate surface area is 117 Å². The van der Waals surface area contributed by atoms with Crippen molar-refractivity contribution in [3.8, 4) is 0 Å². The van der Waals surface area contributed by atoms with Crippen LogP contribution in [-0.4, -0.2) is 24.7 Å². The highest BCUT2D eigenvalue weighted by Crippen LogP contribution is 2.33. The van der Waals surface area contributed by atoms with Gasteiger partial charge >= 0.3 is 0 Å². The van der Waals surface area contributed by atoms with Gasteiger partial charge in [-0.2, -0.15) is 5.10 Å². The lowest BCUT2D eigenvalue weighted by atomic mass is 9.98. The summed E-state index contributed by atoms with van der Waals surface area (Å²) in [5.41, 5.74) is 2.59. The summed E-state index contributed by atoms with van der Waals surface area (Å²) in [7, 11) is -3.60. The number of fused-ring (bicyclic) bond motifs is 1. The molecule has 3 N–H and O–H groups in total. The van der Waals surface area contributed by atoms with Crippen LogP contribution in [0.1, 0.15) is 18.9 Å². The summed E-state index contributed by atoms with van der Waals surface area (Å²) in [5.74, 6) is 0. The second kappa shape index (κ2) is 4.82. The predicted molar refractivity (Wildman–Crippen MR) is 77.2 cm³/mol. The first kappa shape index (κ1) is 13.0. The zero-order valence-corrected chi connectivity index (χ0v) is 11.9. The van der Waals surface area contributed by atoms with Crippen molar-refractivity contribution in [2.45, 2.75) is 30.7 Å². The van der Waals surface area contributed by atoms with Gasteiger partial charge < -0.3 is 5.32 Å². The first-order valence-corrected chi connectivity index (χ1v) is 7.94. The molecule has 1 unspecified atom stereocenters. The number of anilines is 2. The van der Waals surface area contributed by atoms with Crippen molar-refractivity contribution in [3.63, 3.8) is 0 Å². The minimum atomic E-state index is -3.60. The van der Waals surface area contributed by atoms with Crippen molar-refractivity contribution in [2.75, 3.05) is 10.0 Å². The number of hydrogen-bond acceptors (Lipinski definition) is 4. The molecule has 1 aromatic heterocycles. The summed E-state index contributed by atoms with van der Waals surface area (Å²) < 4.78 is 27.1. The van der Waals surface area contributed by atoms with Gasteiger partial charge in [-0.1, -0.05) is 12.1 Å². The van der Waals surface area contributed by atoms with Crippen LogP contribution in [0.3, 0.4) is 0 Å². The number of H-pyrrole nitrogens is 1. The average Bonchev–Trinajstić information content (AvgIpc) is 2.94. The minimum Gasteiger partial charge on any atom is -0.381 e. The van der Waals surface area contributed by atoms with Gasteiger partial charge in [0.1, 0.15) is 4.90 Å². The SMILES string of the molecule is CC1CCc2cccc(NS(=O)(=O)c3cn[nH]c3)c2N1. The summed E-state index contributed by atoms with van der Waals surface area (Å²) in [6.07, 6.45) is 4.64. The highest BCUT2D eigenvalue weighted by molar-refractivity contribution is 7.92. The van der Waals surface area contributed by atoms with Gasteiger partial charge in [0.25, 0.3) is 10.0 Å². The summed E-state index contributed by atoms with van der Waals surface area (Å²) in [6, 6.07) is 5.98. The lowest BCUT2D eigenvalue weighted by Crippen LogP contribution is -2.24. The largest absolute Gasteiger partial charge is 0.381 e. The normalized spacial score (nSPS) is 18.1. The standard InChI is InChI=1S/C13H16N4O2S/c1-9-5-6-10-3-2-4-12(13(10)16-9)17-20(18,19)11-7-14-15-8-11/h2-4,7-9,16-17H,5-6H2,1H3,(H,14,15). The number of aryl methyl sites for hydroxylation is 1. The number of aromatic nitrogens is 2. The van der Waals surface area contributed by atoms with E-state index in [1.807, 2.05) is 12.1 Å². The zero-order valence-electron chi connectivity index (χ0n) is 11.1. The Morgan fingerprint density at radius 1 is 1.40 bits per heavy atom. The van der Waals surface area contributed by atoms with E-state index in [1.54, 1.807) is 6.07 Å². The van der Waals surface area contributed by atoms with E-state index in [-0.39, 0.29) is 4.90 Å². The maximum Gasteiger partial charge on any atom is 0.265 e. The van der Waals surface area contributed by atoms with Crippen molar-refractivity contribution >= 4 is 21.4 Å². The van der Waals surface area contributed by atoms with Crippen molar-refractivity contribution in [3.05, 3.63) is 36.2 Å². The molecule has 0 amide bonds. The number of nitrogens with zero attached hydrogens (tertiary/aromatic N) is 1. The summed E-state index contributed by atoms with van der Waals surface area (Å²) in [5, 5.41) is 9.52. The van der Waals surface area contributed by atoms with Gasteiger partial charge in [0.05, 0.1) is 17.6 Å². The van der Waals surface area contributed by atoms with Gasteiger partial charge in [0.15, 0.2) is 0 Å². The van der Waals surface area contributed by atoms with Crippen LogP contribution in [0, 0.1) is 0 Å². The number of hydrogen-bond donors (Lipinski definition) is 3. The smallest absolute Gasteiger partial charge is 0.265 e. The van der Waals surface area contributed by atoms with E-state index < -0.39 is 10.0 Å². The average molecular weight is 292 g/mol. The Hall–Kier alpha value is -2.02. The molecule has 0 saturated carbocycles. The maximum absolute atomic E-state index is 12.2. The van der Waals surface area contributed by atoms with Gasteiger partial charge in [0, 0.05) is 12.2 Å². The first-order valence-electron chi connectivity index (χ1n) is 6.46. The molecule has 6 nitrogen and oxygen atoms in total. The van der Waals surface area contributed by atoms with Crippen LogP contribution in [0.2, 0.25) is 0 Å². The number of aromatic amines is 1. The number of sulfonamides is 1. The van der Waals surface area contributed by atoms with Crippen molar-refractivity contribution < 1.29 is 8.42 Å². The van der Waals surface area contributed by atoms with Crippen LogP contribution >= 0.6 is 0 Å². The molecule has 2 heterocycles. The monoisotopic (exact) mass is 292 g/mol. The molecule has 1 atom stereocenters. The Balaban J connectivity index is 1.96. The Morgan fingerprint density at radius 2 is 2.25 bits per heavy atom. The summed E-state index contributed by atoms with van der Waals surface area (Å²) in [6.45, 7) is 2.09. The highest BCUT2D eigenvalue weighted by atomic mass is 32.2. The lowest BCUT2D eigenvalue weighted by Gasteiger charge is -2.26. The fourth-order valence-electron chi connectivity index (χ4n) is 2.34. The van der Waals surface area contributed by atoms with E-state index in [4.69, 9.17) is 0 Å². The molecule has 7 heteroatoms. The molecule has 0 spiro atoms. The van der Waals surface area contributed by atoms with Crippen LogP contribution in [-0.2, 0) is 16.4 Å². The van der Waals surface area contributed by atoms with E-state index in [0.717, 1.165) is 24.1 Å². The predicted octanol–water partition coefficient (Wildman–Crippen LogP) is 1.96. The molecule has 0 saturated heterocycles. The van der Waals surface area contributed by atoms with Crippen LogP contribution < -0.4 is 10.0 Å². The Bertz CT molecular complexity index is 710. The summed E-state index contributed by atoms with van der Waals surface area (Å²) in [4.78, 5) is 0.124. The van der Waals surface area contributed by atoms with Gasteiger partial charge in [-0.15, -0.1) is 0 Å². The molecule has 2 aromatic rings. The van der Waals surface area contributed by atoms with Gasteiger partial charge in [-0.05, 0) is 31.4 Å². The number of benzene rings is 1. The fraction of sp³-hybridized carbons (Fsp3) is 0.308. The molecule has 1 aliphatic rings. The molecule has 1 aromatic carbocycles.